The van der Waals surface area contributed by atoms with Crippen molar-refractivity contribution in [2.24, 2.45) is 0 Å². The lowest BCUT2D eigenvalue weighted by atomic mass is 10.1. The summed E-state index contributed by atoms with van der Waals surface area (Å²) < 4.78 is 0. The van der Waals surface area contributed by atoms with Crippen molar-refractivity contribution in [3.05, 3.63) is 27.7 Å². The summed E-state index contributed by atoms with van der Waals surface area (Å²) in [6.07, 6.45) is 4.26. The number of carbonyl (C=O) groups is 1. The fraction of sp³-hybridized carbons (Fsp3) is 0.500. The first kappa shape index (κ1) is 14.5. The van der Waals surface area contributed by atoms with Crippen LogP contribution in [-0.4, -0.2) is 23.4 Å². The summed E-state index contributed by atoms with van der Waals surface area (Å²) in [7, 11) is 0. The number of hydrogen-bond donors (Lipinski definition) is 1. The number of nitrogens with two attached hydrogens (primary N) is 1. The van der Waals surface area contributed by atoms with Crippen LogP contribution in [0.1, 0.15) is 43.0 Å². The van der Waals surface area contributed by atoms with Crippen LogP contribution < -0.4 is 5.73 Å². The monoisotopic (exact) mass is 300 g/mol. The SMILES string of the molecule is CCCCN(C(=O)c1cc(Cl)c(N)c(Cl)c1)C1CC1. The van der Waals surface area contributed by atoms with Crippen molar-refractivity contribution in [3.63, 3.8) is 0 Å². The summed E-state index contributed by atoms with van der Waals surface area (Å²) in [6, 6.07) is 3.59. The molecule has 19 heavy (non-hydrogen) atoms. The van der Waals surface area contributed by atoms with Crippen molar-refractivity contribution in [1.82, 2.24) is 4.90 Å². The maximum atomic E-state index is 12.5. The number of unbranched alkanes of at least 4 members (excludes halogenated alkanes) is 1. The van der Waals surface area contributed by atoms with Crippen LogP contribution in [0.5, 0.6) is 0 Å². The summed E-state index contributed by atoms with van der Waals surface area (Å²) >= 11 is 12.0. The van der Waals surface area contributed by atoms with E-state index in [9.17, 15) is 4.79 Å². The molecule has 1 fully saturated rings. The number of nitrogen functional groups attached to an aromatic ring is 1. The molecular weight excluding hydrogens is 283 g/mol. The molecule has 0 spiro atoms. The molecule has 0 heterocycles. The van der Waals surface area contributed by atoms with Gasteiger partial charge in [0.2, 0.25) is 0 Å². The highest BCUT2D eigenvalue weighted by atomic mass is 35.5. The average molecular weight is 301 g/mol. The molecule has 2 rings (SSSR count). The van der Waals surface area contributed by atoms with Crippen LogP contribution >= 0.6 is 23.2 Å². The van der Waals surface area contributed by atoms with Crippen molar-refractivity contribution in [3.8, 4) is 0 Å². The van der Waals surface area contributed by atoms with E-state index in [4.69, 9.17) is 28.9 Å². The van der Waals surface area contributed by atoms with Crippen molar-refractivity contribution in [1.29, 1.82) is 0 Å². The minimum absolute atomic E-state index is 0.000231. The molecule has 0 unspecified atom stereocenters. The van der Waals surface area contributed by atoms with Crippen LogP contribution in [0.3, 0.4) is 0 Å². The second-order valence-corrected chi connectivity index (χ2v) is 5.75. The molecule has 1 aromatic rings. The average Bonchev–Trinajstić information content (AvgIpc) is 3.20. The van der Waals surface area contributed by atoms with E-state index in [1.807, 2.05) is 4.90 Å². The molecule has 0 bridgehead atoms. The van der Waals surface area contributed by atoms with Crippen molar-refractivity contribution in [2.45, 2.75) is 38.6 Å². The van der Waals surface area contributed by atoms with Crippen LogP contribution in [0.15, 0.2) is 12.1 Å². The zero-order valence-electron chi connectivity index (χ0n) is 11.0. The Balaban J connectivity index is 2.21. The number of anilines is 1. The number of rotatable bonds is 5. The predicted molar refractivity (Wildman–Crippen MR) is 79.8 cm³/mol. The molecule has 0 saturated heterocycles. The molecule has 0 atom stereocenters. The Morgan fingerprint density at radius 2 is 1.95 bits per heavy atom. The summed E-state index contributed by atoms with van der Waals surface area (Å²) in [5.74, 6) is -0.000231. The minimum atomic E-state index is -0.000231. The minimum Gasteiger partial charge on any atom is -0.396 e. The second kappa shape index (κ2) is 6.02. The van der Waals surface area contributed by atoms with Gasteiger partial charge in [-0.05, 0) is 31.4 Å². The van der Waals surface area contributed by atoms with E-state index < -0.39 is 0 Å². The smallest absolute Gasteiger partial charge is 0.254 e. The van der Waals surface area contributed by atoms with Gasteiger partial charge in [0.25, 0.3) is 5.91 Å². The number of carbonyl (C=O) groups excluding carboxylic acids is 1. The third-order valence-electron chi connectivity index (χ3n) is 3.33. The van der Waals surface area contributed by atoms with E-state index >= 15 is 0 Å². The Bertz CT molecular complexity index is 463. The van der Waals surface area contributed by atoms with E-state index in [0.29, 0.717) is 27.3 Å². The lowest BCUT2D eigenvalue weighted by Gasteiger charge is -2.22. The van der Waals surface area contributed by atoms with Crippen LogP contribution in [0.4, 0.5) is 5.69 Å². The van der Waals surface area contributed by atoms with E-state index in [-0.39, 0.29) is 5.91 Å². The lowest BCUT2D eigenvalue weighted by molar-refractivity contribution is 0.0741. The van der Waals surface area contributed by atoms with Crippen molar-refractivity contribution < 1.29 is 4.79 Å². The summed E-state index contributed by atoms with van der Waals surface area (Å²) in [4.78, 5) is 14.4. The standard InChI is InChI=1S/C14H18Cl2N2O/c1-2-3-6-18(10-4-5-10)14(19)9-7-11(15)13(17)12(16)8-9/h7-8,10H,2-6,17H2,1H3. The highest BCUT2D eigenvalue weighted by molar-refractivity contribution is 6.39. The molecule has 2 N–H and O–H groups in total. The molecule has 1 aliphatic carbocycles. The zero-order chi connectivity index (χ0) is 14.0. The van der Waals surface area contributed by atoms with Gasteiger partial charge in [-0.3, -0.25) is 4.79 Å². The molecule has 104 valence electrons. The molecule has 1 aliphatic rings. The van der Waals surface area contributed by atoms with Crippen molar-refractivity contribution >= 4 is 34.8 Å². The first-order chi connectivity index (χ1) is 9.04. The Labute approximate surface area is 123 Å². The van der Waals surface area contributed by atoms with Crippen molar-refractivity contribution in [2.75, 3.05) is 12.3 Å². The van der Waals surface area contributed by atoms with Gasteiger partial charge < -0.3 is 10.6 Å². The van der Waals surface area contributed by atoms with E-state index in [1.165, 1.54) is 0 Å². The molecule has 0 aromatic heterocycles. The third-order valence-corrected chi connectivity index (χ3v) is 3.95. The fourth-order valence-electron chi connectivity index (χ4n) is 2.04. The molecule has 1 aromatic carbocycles. The van der Waals surface area contributed by atoms with E-state index in [1.54, 1.807) is 12.1 Å². The van der Waals surface area contributed by atoms with Gasteiger partial charge in [-0.1, -0.05) is 36.5 Å². The Morgan fingerprint density at radius 1 is 1.37 bits per heavy atom. The normalized spacial score (nSPS) is 14.5. The second-order valence-electron chi connectivity index (χ2n) is 4.94. The van der Waals surface area contributed by atoms with Gasteiger partial charge in [-0.25, -0.2) is 0 Å². The lowest BCUT2D eigenvalue weighted by Crippen LogP contribution is -2.34. The van der Waals surface area contributed by atoms with Gasteiger partial charge in [0.05, 0.1) is 15.7 Å². The van der Waals surface area contributed by atoms with Crippen LogP contribution in [0.2, 0.25) is 10.0 Å². The van der Waals surface area contributed by atoms with Gasteiger partial charge in [0.15, 0.2) is 0 Å². The molecule has 0 aliphatic heterocycles. The maximum absolute atomic E-state index is 12.5. The van der Waals surface area contributed by atoms with E-state index in [0.717, 1.165) is 32.2 Å². The summed E-state index contributed by atoms with van der Waals surface area (Å²) in [5.41, 5.74) is 6.54. The van der Waals surface area contributed by atoms with Crippen LogP contribution in [-0.2, 0) is 0 Å². The van der Waals surface area contributed by atoms with Crippen LogP contribution in [0.25, 0.3) is 0 Å². The van der Waals surface area contributed by atoms with Gasteiger partial charge in [-0.15, -0.1) is 0 Å². The predicted octanol–water partition coefficient (Wildman–Crippen LogP) is 3.98. The fourth-order valence-corrected chi connectivity index (χ4v) is 2.53. The number of amides is 1. The maximum Gasteiger partial charge on any atom is 0.254 e. The Hall–Kier alpha value is -0.930. The summed E-state index contributed by atoms with van der Waals surface area (Å²) in [5, 5.41) is 0.671. The van der Waals surface area contributed by atoms with Gasteiger partial charge in [0.1, 0.15) is 0 Å². The summed E-state index contributed by atoms with van der Waals surface area (Å²) in [6.45, 7) is 2.91. The number of benzene rings is 1. The first-order valence-corrected chi connectivity index (χ1v) is 7.35. The number of hydrogen-bond acceptors (Lipinski definition) is 2. The largest absolute Gasteiger partial charge is 0.396 e. The highest BCUT2D eigenvalue weighted by Crippen LogP contribution is 2.32. The Morgan fingerprint density at radius 3 is 2.42 bits per heavy atom. The van der Waals surface area contributed by atoms with Gasteiger partial charge in [0, 0.05) is 18.2 Å². The number of halogens is 2. The quantitative estimate of drug-likeness (QED) is 0.836. The topological polar surface area (TPSA) is 46.3 Å². The highest BCUT2D eigenvalue weighted by Gasteiger charge is 2.32. The molecular formula is C14H18Cl2N2O. The molecule has 1 saturated carbocycles. The third kappa shape index (κ3) is 3.34. The molecule has 5 heteroatoms. The molecule has 0 radical (unpaired) electrons. The molecule has 3 nitrogen and oxygen atoms in total. The first-order valence-electron chi connectivity index (χ1n) is 6.60. The molecule has 1 amide bonds. The Kier molecular flexibility index (Phi) is 4.58. The van der Waals surface area contributed by atoms with Gasteiger partial charge >= 0.3 is 0 Å². The zero-order valence-corrected chi connectivity index (χ0v) is 12.5. The van der Waals surface area contributed by atoms with E-state index in [2.05, 4.69) is 6.92 Å². The van der Waals surface area contributed by atoms with Gasteiger partial charge in [-0.2, -0.15) is 0 Å². The number of nitrogens with zero attached hydrogens (tertiary/aromatic N) is 1. The van der Waals surface area contributed by atoms with Crippen LogP contribution in [0, 0.1) is 0 Å².